The maximum Gasteiger partial charge on any atom is 0.330 e. The summed E-state index contributed by atoms with van der Waals surface area (Å²) in [5.41, 5.74) is 2.94. The summed E-state index contributed by atoms with van der Waals surface area (Å²) >= 11 is 0. The molecular formula is C23H23N3O4. The Kier molecular flexibility index (Phi) is 5.52. The summed E-state index contributed by atoms with van der Waals surface area (Å²) < 4.78 is 12.0. The van der Waals surface area contributed by atoms with E-state index in [2.05, 4.69) is 10.3 Å². The molecule has 1 atom stereocenters. The summed E-state index contributed by atoms with van der Waals surface area (Å²) in [6, 6.07) is 14.4. The van der Waals surface area contributed by atoms with E-state index in [1.54, 1.807) is 49.1 Å². The van der Waals surface area contributed by atoms with Crippen molar-refractivity contribution in [3.63, 3.8) is 0 Å². The molecule has 154 valence electrons. The summed E-state index contributed by atoms with van der Waals surface area (Å²) in [4.78, 5) is 30.5. The van der Waals surface area contributed by atoms with Crippen LogP contribution in [-0.4, -0.2) is 43.0 Å². The fourth-order valence-corrected chi connectivity index (χ4v) is 3.82. The first-order chi connectivity index (χ1) is 14.6. The van der Waals surface area contributed by atoms with Crippen LogP contribution < -0.4 is 10.1 Å². The summed E-state index contributed by atoms with van der Waals surface area (Å²) in [7, 11) is 1.59. The molecule has 2 heterocycles. The molecule has 1 unspecified atom stereocenters. The highest BCUT2D eigenvalue weighted by Gasteiger charge is 2.32. The van der Waals surface area contributed by atoms with Crippen LogP contribution in [0.1, 0.15) is 24.1 Å². The van der Waals surface area contributed by atoms with E-state index in [-0.39, 0.29) is 12.6 Å². The van der Waals surface area contributed by atoms with Gasteiger partial charge in [-0.25, -0.2) is 4.79 Å². The van der Waals surface area contributed by atoms with E-state index in [0.29, 0.717) is 30.1 Å². The first-order valence-electron chi connectivity index (χ1n) is 9.88. The quantitative estimate of drug-likeness (QED) is 0.665. The molecule has 2 aromatic carbocycles. The number of methoxy groups -OCH3 is 1. The molecule has 0 fully saturated rings. The molecule has 1 amide bonds. The minimum absolute atomic E-state index is 0.261. The minimum atomic E-state index is -0.739. The van der Waals surface area contributed by atoms with Gasteiger partial charge in [-0.1, -0.05) is 18.2 Å². The molecular weight excluding hydrogens is 382 g/mol. The van der Waals surface area contributed by atoms with Crippen molar-refractivity contribution in [3.05, 3.63) is 59.8 Å². The van der Waals surface area contributed by atoms with E-state index in [4.69, 9.17) is 9.47 Å². The van der Waals surface area contributed by atoms with Crippen LogP contribution in [0.25, 0.3) is 10.9 Å². The van der Waals surface area contributed by atoms with E-state index in [0.717, 1.165) is 16.5 Å². The molecule has 1 aromatic heterocycles. The lowest BCUT2D eigenvalue weighted by Gasteiger charge is -2.16. The highest BCUT2D eigenvalue weighted by molar-refractivity contribution is 6.05. The minimum Gasteiger partial charge on any atom is -0.497 e. The second kappa shape index (κ2) is 8.41. The van der Waals surface area contributed by atoms with Gasteiger partial charge in [-0.05, 0) is 49.2 Å². The van der Waals surface area contributed by atoms with Gasteiger partial charge >= 0.3 is 12.0 Å². The van der Waals surface area contributed by atoms with Crippen molar-refractivity contribution in [2.75, 3.05) is 25.6 Å². The number of hydrogen-bond acceptors (Lipinski definition) is 5. The molecule has 0 saturated carbocycles. The molecule has 3 aromatic rings. The highest BCUT2D eigenvalue weighted by Crippen LogP contribution is 2.34. The van der Waals surface area contributed by atoms with Gasteiger partial charge in [0.05, 0.1) is 24.9 Å². The number of esters is 1. The molecule has 4 rings (SSSR count). The van der Waals surface area contributed by atoms with Gasteiger partial charge in [0.2, 0.25) is 0 Å². The standard InChI is InChI=1S/C23H23N3O4/c1-3-30-22(27)19-14-24-13-12-18-17-6-4-5-7-20(17)26(21(18)19)23(28)25-15-8-10-16(29-2)11-9-15/h4-11,14,19H,3,12-13H2,1-2H3,(H,25,28). The van der Waals surface area contributed by atoms with Crippen LogP contribution in [-0.2, 0) is 16.0 Å². The Morgan fingerprint density at radius 1 is 1.17 bits per heavy atom. The summed E-state index contributed by atoms with van der Waals surface area (Å²) in [6.07, 6.45) is 2.24. The number of aliphatic imine (C=N–C) groups is 1. The Hall–Kier alpha value is -3.61. The third-order valence-electron chi connectivity index (χ3n) is 5.15. The predicted molar refractivity (Wildman–Crippen MR) is 116 cm³/mol. The Morgan fingerprint density at radius 3 is 2.67 bits per heavy atom. The summed E-state index contributed by atoms with van der Waals surface area (Å²) in [5, 5.41) is 3.86. The number of carbonyl (C=O) groups excluding carboxylic acids is 2. The number of nitrogens with zero attached hydrogens (tertiary/aromatic N) is 2. The van der Waals surface area contributed by atoms with Crippen LogP contribution in [0, 0.1) is 0 Å². The molecule has 0 saturated heterocycles. The maximum atomic E-state index is 13.4. The van der Waals surface area contributed by atoms with Crippen LogP contribution in [0.15, 0.2) is 53.5 Å². The van der Waals surface area contributed by atoms with Gasteiger partial charge in [0, 0.05) is 23.8 Å². The lowest BCUT2D eigenvalue weighted by atomic mass is 10.00. The molecule has 0 spiro atoms. The fraction of sp³-hybridized carbons (Fsp3) is 0.261. The van der Waals surface area contributed by atoms with E-state index >= 15 is 0 Å². The van der Waals surface area contributed by atoms with Crippen LogP contribution in [0.2, 0.25) is 0 Å². The number of para-hydroxylation sites is 1. The molecule has 0 radical (unpaired) electrons. The van der Waals surface area contributed by atoms with Gasteiger partial charge in [0.25, 0.3) is 0 Å². The number of aromatic nitrogens is 1. The Bertz CT molecular complexity index is 1120. The van der Waals surface area contributed by atoms with Crippen molar-refractivity contribution < 1.29 is 19.1 Å². The molecule has 0 aliphatic carbocycles. The molecule has 30 heavy (non-hydrogen) atoms. The monoisotopic (exact) mass is 405 g/mol. The van der Waals surface area contributed by atoms with Crippen molar-refractivity contribution >= 4 is 34.8 Å². The lowest BCUT2D eigenvalue weighted by Crippen LogP contribution is -2.27. The SMILES string of the molecule is CCOC(=O)C1C=NCCc2c1n(C(=O)Nc1ccc(OC)cc1)c1ccccc21. The summed E-state index contributed by atoms with van der Waals surface area (Å²) in [6.45, 7) is 2.58. The van der Waals surface area contributed by atoms with Gasteiger partial charge in [0.15, 0.2) is 0 Å². The Balaban J connectivity index is 1.83. The topological polar surface area (TPSA) is 81.9 Å². The van der Waals surface area contributed by atoms with Gasteiger partial charge in [0.1, 0.15) is 11.7 Å². The average molecular weight is 405 g/mol. The molecule has 7 nitrogen and oxygen atoms in total. The van der Waals surface area contributed by atoms with E-state index < -0.39 is 11.9 Å². The van der Waals surface area contributed by atoms with Crippen LogP contribution in [0.5, 0.6) is 5.75 Å². The van der Waals surface area contributed by atoms with Crippen molar-refractivity contribution in [1.29, 1.82) is 0 Å². The second-order valence-electron chi connectivity index (χ2n) is 6.91. The number of ether oxygens (including phenoxy) is 2. The Morgan fingerprint density at radius 2 is 1.93 bits per heavy atom. The van der Waals surface area contributed by atoms with Crippen molar-refractivity contribution in [2.45, 2.75) is 19.3 Å². The number of fused-ring (bicyclic) bond motifs is 3. The van der Waals surface area contributed by atoms with Gasteiger partial charge in [-0.2, -0.15) is 0 Å². The zero-order valence-electron chi connectivity index (χ0n) is 16.9. The molecule has 1 N–H and O–H groups in total. The largest absolute Gasteiger partial charge is 0.497 e. The first-order valence-corrected chi connectivity index (χ1v) is 9.88. The zero-order valence-corrected chi connectivity index (χ0v) is 16.9. The predicted octanol–water partition coefficient (Wildman–Crippen LogP) is 4.00. The van der Waals surface area contributed by atoms with Crippen LogP contribution >= 0.6 is 0 Å². The van der Waals surface area contributed by atoms with Gasteiger partial charge in [-0.3, -0.25) is 14.4 Å². The number of rotatable bonds is 4. The second-order valence-corrected chi connectivity index (χ2v) is 6.91. The van der Waals surface area contributed by atoms with E-state index in [9.17, 15) is 9.59 Å². The normalized spacial score (nSPS) is 15.3. The number of benzene rings is 2. The third-order valence-corrected chi connectivity index (χ3v) is 5.15. The lowest BCUT2D eigenvalue weighted by molar-refractivity contribution is -0.143. The van der Waals surface area contributed by atoms with E-state index in [1.807, 2.05) is 24.3 Å². The zero-order chi connectivity index (χ0) is 21.1. The average Bonchev–Trinajstić information content (AvgIpc) is 2.92. The molecule has 1 aliphatic heterocycles. The van der Waals surface area contributed by atoms with Crippen molar-refractivity contribution in [2.24, 2.45) is 4.99 Å². The number of anilines is 1. The fourth-order valence-electron chi connectivity index (χ4n) is 3.82. The third kappa shape index (κ3) is 3.54. The van der Waals surface area contributed by atoms with Gasteiger partial charge < -0.3 is 14.8 Å². The number of amides is 1. The first kappa shape index (κ1) is 19.7. The van der Waals surface area contributed by atoms with Crippen LogP contribution in [0.3, 0.4) is 0 Å². The molecule has 0 bridgehead atoms. The number of hydrogen-bond donors (Lipinski definition) is 1. The van der Waals surface area contributed by atoms with Crippen molar-refractivity contribution in [1.82, 2.24) is 4.57 Å². The number of nitrogens with one attached hydrogen (secondary N) is 1. The van der Waals surface area contributed by atoms with Crippen molar-refractivity contribution in [3.8, 4) is 5.75 Å². The number of carbonyl (C=O) groups is 2. The molecule has 1 aliphatic rings. The molecule has 7 heteroatoms. The van der Waals surface area contributed by atoms with Crippen LogP contribution in [0.4, 0.5) is 10.5 Å². The summed E-state index contributed by atoms with van der Waals surface area (Å²) in [5.74, 6) is -0.450. The Labute approximate surface area is 174 Å². The maximum absolute atomic E-state index is 13.4. The highest BCUT2D eigenvalue weighted by atomic mass is 16.5. The van der Waals surface area contributed by atoms with E-state index in [1.165, 1.54) is 0 Å². The van der Waals surface area contributed by atoms with Gasteiger partial charge in [-0.15, -0.1) is 0 Å². The smallest absolute Gasteiger partial charge is 0.330 e.